The average molecular weight is 562 g/mol. The molecular weight excluding hydrogens is 534 g/mol. The molecule has 0 saturated carbocycles. The Morgan fingerprint density at radius 2 is 1.90 bits per heavy atom. The Morgan fingerprint density at radius 3 is 2.73 bits per heavy atom. The van der Waals surface area contributed by atoms with Crippen LogP contribution in [0.3, 0.4) is 0 Å². The summed E-state index contributed by atoms with van der Waals surface area (Å²) in [6.07, 6.45) is 6.65. The second-order valence-electron chi connectivity index (χ2n) is 9.94. The molecule has 2 N–H and O–H groups in total. The van der Waals surface area contributed by atoms with Crippen molar-refractivity contribution in [3.63, 3.8) is 0 Å². The summed E-state index contributed by atoms with van der Waals surface area (Å²) in [7, 11) is 0. The fourth-order valence-corrected chi connectivity index (χ4v) is 5.45. The Bertz CT molecular complexity index is 1680. The molecule has 2 aromatic heterocycles. The van der Waals surface area contributed by atoms with Crippen LogP contribution in [0.4, 0.5) is 0 Å². The molecule has 0 radical (unpaired) electrons. The number of halogens is 1. The zero-order chi connectivity index (χ0) is 28.0. The number of nitrogens with one attached hydrogen (secondary N) is 2. The van der Waals surface area contributed by atoms with Gasteiger partial charge < -0.3 is 14.8 Å². The minimum absolute atomic E-state index is 0.111. The Labute approximate surface area is 243 Å². The number of nitrogens with zero attached hydrogens (tertiary/aromatic N) is 3. The lowest BCUT2D eigenvalue weighted by molar-refractivity contribution is 0.206. The number of H-pyrrole nitrogens is 1. The number of pyridine rings is 1. The molecule has 2 heterocycles. The molecular formula is C33H28ClN5O2. The molecule has 1 atom stereocenters. The van der Waals surface area contributed by atoms with Crippen molar-refractivity contribution in [3.05, 3.63) is 130 Å². The van der Waals surface area contributed by atoms with E-state index in [0.717, 1.165) is 29.7 Å². The zero-order valence-corrected chi connectivity index (χ0v) is 23.1. The summed E-state index contributed by atoms with van der Waals surface area (Å²) < 4.78 is 12.8. The van der Waals surface area contributed by atoms with Crippen LogP contribution in [0.5, 0.6) is 11.5 Å². The van der Waals surface area contributed by atoms with Crippen LogP contribution >= 0.6 is 11.6 Å². The molecule has 0 bridgehead atoms. The van der Waals surface area contributed by atoms with Crippen molar-refractivity contribution in [2.24, 2.45) is 0 Å². The molecule has 1 aliphatic rings. The second-order valence-corrected chi connectivity index (χ2v) is 10.3. The predicted molar refractivity (Wildman–Crippen MR) is 157 cm³/mol. The molecule has 6 rings (SSSR count). The zero-order valence-electron chi connectivity index (χ0n) is 22.3. The number of benzene rings is 3. The number of fused-ring (bicyclic) bond motifs is 1. The highest BCUT2D eigenvalue weighted by Gasteiger charge is 2.27. The van der Waals surface area contributed by atoms with Crippen molar-refractivity contribution in [2.75, 3.05) is 0 Å². The van der Waals surface area contributed by atoms with Crippen molar-refractivity contribution in [1.82, 2.24) is 20.5 Å². The molecule has 8 heteroatoms. The fourth-order valence-electron chi connectivity index (χ4n) is 5.22. The number of rotatable bonds is 10. The van der Waals surface area contributed by atoms with Gasteiger partial charge in [0.2, 0.25) is 0 Å². The number of ether oxygens (including phenoxy) is 2. The second kappa shape index (κ2) is 12.3. The Hall–Kier alpha value is -4.64. The van der Waals surface area contributed by atoms with E-state index in [-0.39, 0.29) is 12.7 Å². The summed E-state index contributed by atoms with van der Waals surface area (Å²) >= 11 is 6.80. The summed E-state index contributed by atoms with van der Waals surface area (Å²) in [5.74, 6) is 1.23. The highest BCUT2D eigenvalue weighted by Crippen LogP contribution is 2.42. The number of aromatic amines is 1. The lowest BCUT2D eigenvalue weighted by Gasteiger charge is -2.20. The van der Waals surface area contributed by atoms with Gasteiger partial charge in [0.1, 0.15) is 30.3 Å². The standard InChI is InChI=1S/C33H28ClN5O2/c34-30-14-25(19-37-20-26-11-12-38-39-26)32(40-21-23-13-22(16-35)17-36-18-23)15-33(30)41-31-10-9-28-27(7-4-8-29(28)31)24-5-2-1-3-6-24/h1-8,11-15,17-18,31,37H,9-10,19-21H2,(H,38,39)/t31-/m0/s1. The van der Waals surface area contributed by atoms with Gasteiger partial charge in [-0.05, 0) is 53.3 Å². The minimum Gasteiger partial charge on any atom is -0.488 e. The van der Waals surface area contributed by atoms with Gasteiger partial charge in [0.25, 0.3) is 0 Å². The smallest absolute Gasteiger partial charge is 0.142 e. The molecule has 0 fully saturated rings. The first-order chi connectivity index (χ1) is 20.2. The van der Waals surface area contributed by atoms with Crippen LogP contribution in [0.1, 0.15) is 46.0 Å². The normalized spacial score (nSPS) is 13.9. The van der Waals surface area contributed by atoms with E-state index >= 15 is 0 Å². The molecule has 0 saturated heterocycles. The van der Waals surface area contributed by atoms with Gasteiger partial charge >= 0.3 is 0 Å². The van der Waals surface area contributed by atoms with Gasteiger partial charge in [-0.15, -0.1) is 0 Å². The van der Waals surface area contributed by atoms with Gasteiger partial charge in [-0.1, -0.05) is 60.1 Å². The van der Waals surface area contributed by atoms with Crippen LogP contribution in [-0.2, 0) is 26.1 Å². The van der Waals surface area contributed by atoms with Crippen molar-refractivity contribution < 1.29 is 9.47 Å². The molecule has 0 unspecified atom stereocenters. The lowest BCUT2D eigenvalue weighted by Crippen LogP contribution is -2.14. The highest BCUT2D eigenvalue weighted by atomic mass is 35.5. The quantitative estimate of drug-likeness (QED) is 0.192. The molecule has 5 aromatic rings. The average Bonchev–Trinajstić information content (AvgIpc) is 3.68. The van der Waals surface area contributed by atoms with Crippen LogP contribution in [0.2, 0.25) is 5.02 Å². The summed E-state index contributed by atoms with van der Waals surface area (Å²) in [5.41, 5.74) is 8.13. The number of hydrogen-bond acceptors (Lipinski definition) is 6. The Kier molecular flexibility index (Phi) is 7.94. The maximum atomic E-state index is 9.24. The first-order valence-corrected chi connectivity index (χ1v) is 13.9. The third-order valence-corrected chi connectivity index (χ3v) is 7.49. The van der Waals surface area contributed by atoms with Crippen LogP contribution in [0.15, 0.2) is 91.4 Å². The molecule has 3 aromatic carbocycles. The third-order valence-electron chi connectivity index (χ3n) is 7.19. The lowest BCUT2D eigenvalue weighted by atomic mass is 9.97. The van der Waals surface area contributed by atoms with Gasteiger partial charge in [0.05, 0.1) is 10.6 Å². The number of hydrogen-bond donors (Lipinski definition) is 2. The molecule has 0 aliphatic heterocycles. The first-order valence-electron chi connectivity index (χ1n) is 13.5. The largest absolute Gasteiger partial charge is 0.488 e. The van der Waals surface area contributed by atoms with Crippen molar-refractivity contribution in [3.8, 4) is 28.7 Å². The third kappa shape index (κ3) is 6.09. The van der Waals surface area contributed by atoms with Crippen LogP contribution in [0.25, 0.3) is 11.1 Å². The SMILES string of the molecule is N#Cc1cncc(COc2cc(O[C@H]3CCc4c(-c5ccccc5)cccc43)c(Cl)cc2CNCc2ccn[nH]2)c1. The molecule has 0 spiro atoms. The van der Waals surface area contributed by atoms with E-state index < -0.39 is 0 Å². The van der Waals surface area contributed by atoms with E-state index in [1.54, 1.807) is 18.5 Å². The fraction of sp³-hybridized carbons (Fsp3) is 0.182. The molecule has 204 valence electrons. The Balaban J connectivity index is 1.25. The number of aromatic nitrogens is 3. The Morgan fingerprint density at radius 1 is 1.00 bits per heavy atom. The monoisotopic (exact) mass is 561 g/mol. The predicted octanol–water partition coefficient (Wildman–Crippen LogP) is 6.93. The molecule has 0 amide bonds. The minimum atomic E-state index is -0.111. The molecule has 41 heavy (non-hydrogen) atoms. The van der Waals surface area contributed by atoms with Crippen molar-refractivity contribution in [2.45, 2.75) is 38.6 Å². The van der Waals surface area contributed by atoms with Crippen LogP contribution in [-0.4, -0.2) is 15.2 Å². The maximum absolute atomic E-state index is 9.24. The molecule has 1 aliphatic carbocycles. The van der Waals surface area contributed by atoms with Gasteiger partial charge in [0, 0.05) is 54.6 Å². The van der Waals surface area contributed by atoms with Gasteiger partial charge in [-0.2, -0.15) is 10.4 Å². The van der Waals surface area contributed by atoms with Gasteiger partial charge in [-0.3, -0.25) is 10.1 Å². The maximum Gasteiger partial charge on any atom is 0.142 e. The van der Waals surface area contributed by atoms with E-state index in [1.807, 2.05) is 24.3 Å². The summed E-state index contributed by atoms with van der Waals surface area (Å²) in [5, 5.41) is 20.1. The topological polar surface area (TPSA) is 95.8 Å². The molecule has 7 nitrogen and oxygen atoms in total. The van der Waals surface area contributed by atoms with Gasteiger partial charge in [-0.25, -0.2) is 0 Å². The summed E-state index contributed by atoms with van der Waals surface area (Å²) in [4.78, 5) is 4.15. The van der Waals surface area contributed by atoms with E-state index in [4.69, 9.17) is 21.1 Å². The van der Waals surface area contributed by atoms with E-state index in [1.165, 1.54) is 28.5 Å². The first kappa shape index (κ1) is 26.6. The summed E-state index contributed by atoms with van der Waals surface area (Å²) in [6, 6.07) is 26.5. The van der Waals surface area contributed by atoms with E-state index in [2.05, 4.69) is 69.0 Å². The van der Waals surface area contributed by atoms with Crippen molar-refractivity contribution >= 4 is 11.6 Å². The van der Waals surface area contributed by atoms with Gasteiger partial charge in [0.15, 0.2) is 0 Å². The van der Waals surface area contributed by atoms with Crippen molar-refractivity contribution in [1.29, 1.82) is 5.26 Å². The van der Waals surface area contributed by atoms with Crippen LogP contribution in [0, 0.1) is 11.3 Å². The summed E-state index contributed by atoms with van der Waals surface area (Å²) in [6.45, 7) is 1.40. The van der Waals surface area contributed by atoms with E-state index in [0.29, 0.717) is 35.2 Å². The van der Waals surface area contributed by atoms with Crippen LogP contribution < -0.4 is 14.8 Å². The van der Waals surface area contributed by atoms with E-state index in [9.17, 15) is 5.26 Å². The highest BCUT2D eigenvalue weighted by molar-refractivity contribution is 6.32. The number of nitriles is 1.